The lowest BCUT2D eigenvalue weighted by molar-refractivity contribution is 0.243. The quantitative estimate of drug-likeness (QED) is 0.817. The van der Waals surface area contributed by atoms with Crippen LogP contribution in [0.2, 0.25) is 0 Å². The molecule has 0 saturated carbocycles. The van der Waals surface area contributed by atoms with Gasteiger partial charge in [-0.15, -0.1) is 5.17 Å². The maximum Gasteiger partial charge on any atom is 0.182 e. The van der Waals surface area contributed by atoms with Gasteiger partial charge < -0.3 is 4.84 Å². The average Bonchev–Trinajstić information content (AvgIpc) is 2.97. The van der Waals surface area contributed by atoms with E-state index in [2.05, 4.69) is 66.4 Å². The van der Waals surface area contributed by atoms with E-state index in [1.165, 1.54) is 5.56 Å². The van der Waals surface area contributed by atoms with Crippen molar-refractivity contribution in [2.45, 2.75) is 26.2 Å². The Morgan fingerprint density at radius 2 is 1.59 bits per heavy atom. The zero-order valence-corrected chi connectivity index (χ0v) is 14.5. The maximum atomic E-state index is 5.87. The third-order valence-corrected chi connectivity index (χ3v) is 4.13. The van der Waals surface area contributed by atoms with Crippen LogP contribution >= 0.6 is 15.9 Å². The molecule has 0 aliphatic carbocycles. The number of hydrogen-bond donors (Lipinski definition) is 1. The number of benzene rings is 2. The van der Waals surface area contributed by atoms with Crippen molar-refractivity contribution in [3.05, 3.63) is 70.3 Å². The Morgan fingerprint density at radius 3 is 2.18 bits per heavy atom. The van der Waals surface area contributed by atoms with Crippen molar-refractivity contribution in [1.29, 1.82) is 0 Å². The van der Waals surface area contributed by atoms with E-state index in [1.807, 2.05) is 30.5 Å². The lowest BCUT2D eigenvalue weighted by atomic mass is 9.86. The molecule has 0 atom stereocenters. The highest BCUT2D eigenvalue weighted by atomic mass is 79.9. The van der Waals surface area contributed by atoms with Crippen molar-refractivity contribution >= 4 is 27.4 Å². The molecule has 0 aromatic heterocycles. The Balaban J connectivity index is 1.73. The largest absolute Gasteiger partial charge is 0.357 e. The van der Waals surface area contributed by atoms with E-state index >= 15 is 0 Å². The number of halogens is 1. The van der Waals surface area contributed by atoms with Crippen LogP contribution in [-0.4, -0.2) is 0 Å². The first-order chi connectivity index (χ1) is 10.4. The van der Waals surface area contributed by atoms with Crippen LogP contribution in [0.4, 0.5) is 5.69 Å². The number of nitrogens with zero attached hydrogens (tertiary/aromatic N) is 1. The normalized spacial score (nSPS) is 14.4. The fourth-order valence-corrected chi connectivity index (χ4v) is 2.51. The van der Waals surface area contributed by atoms with Crippen LogP contribution in [0.25, 0.3) is 5.76 Å². The maximum absolute atomic E-state index is 5.87. The van der Waals surface area contributed by atoms with Gasteiger partial charge in [-0.05, 0) is 35.2 Å². The van der Waals surface area contributed by atoms with E-state index in [-0.39, 0.29) is 5.41 Å². The lowest BCUT2D eigenvalue weighted by Gasteiger charge is -2.20. The molecule has 0 fully saturated rings. The third kappa shape index (κ3) is 3.12. The van der Waals surface area contributed by atoms with E-state index in [0.717, 1.165) is 21.5 Å². The molecule has 114 valence electrons. The van der Waals surface area contributed by atoms with E-state index in [9.17, 15) is 0 Å². The van der Waals surface area contributed by atoms with E-state index in [0.29, 0.717) is 0 Å². The predicted molar refractivity (Wildman–Crippen MR) is 94.0 cm³/mol. The number of hydrogen-bond acceptors (Lipinski definition) is 3. The molecule has 3 nitrogen and oxygen atoms in total. The van der Waals surface area contributed by atoms with Crippen LogP contribution in [0, 0.1) is 0 Å². The zero-order chi connectivity index (χ0) is 15.7. The molecule has 0 bridgehead atoms. The van der Waals surface area contributed by atoms with Crippen molar-refractivity contribution < 1.29 is 4.84 Å². The molecule has 1 aliphatic rings. The minimum absolute atomic E-state index is 0.158. The molecule has 4 heteroatoms. The molecular weight excluding hydrogens is 340 g/mol. The summed E-state index contributed by atoms with van der Waals surface area (Å²) in [6.07, 6.45) is 1.87. The fraction of sp³-hybridized carbons (Fsp3) is 0.222. The summed E-state index contributed by atoms with van der Waals surface area (Å²) < 4.78 is 1.04. The minimum atomic E-state index is 0.158. The van der Waals surface area contributed by atoms with Gasteiger partial charge >= 0.3 is 0 Å². The van der Waals surface area contributed by atoms with E-state index < -0.39 is 0 Å². The molecular formula is C18H19BrN2O. The van der Waals surface area contributed by atoms with Crippen LogP contribution in [0.1, 0.15) is 31.9 Å². The van der Waals surface area contributed by atoms with Gasteiger partial charge in [-0.2, -0.15) is 0 Å². The Hall–Kier alpha value is -1.94. The van der Waals surface area contributed by atoms with Gasteiger partial charge in [0, 0.05) is 10.0 Å². The third-order valence-electron chi connectivity index (χ3n) is 3.60. The summed E-state index contributed by atoms with van der Waals surface area (Å²) in [6.45, 7) is 6.64. The Labute approximate surface area is 139 Å². The molecule has 0 spiro atoms. The summed E-state index contributed by atoms with van der Waals surface area (Å²) >= 11 is 3.43. The SMILES string of the molecule is CC(C)(C)c1ccc(C2=CNN(c3ccc(Br)cc3)O2)cc1. The molecule has 2 aromatic carbocycles. The van der Waals surface area contributed by atoms with Gasteiger partial charge in [0.1, 0.15) is 0 Å². The topological polar surface area (TPSA) is 24.5 Å². The smallest absolute Gasteiger partial charge is 0.182 e. The van der Waals surface area contributed by atoms with Crippen molar-refractivity contribution in [2.75, 3.05) is 5.17 Å². The van der Waals surface area contributed by atoms with Gasteiger partial charge in [0.15, 0.2) is 5.76 Å². The molecule has 1 heterocycles. The number of hydrazine groups is 1. The van der Waals surface area contributed by atoms with Crippen LogP contribution in [0.15, 0.2) is 59.2 Å². The summed E-state index contributed by atoms with van der Waals surface area (Å²) in [5.74, 6) is 0.809. The predicted octanol–water partition coefficient (Wildman–Crippen LogP) is 5.00. The number of rotatable bonds is 2. The number of anilines is 1. The van der Waals surface area contributed by atoms with Crippen molar-refractivity contribution in [3.8, 4) is 0 Å². The summed E-state index contributed by atoms with van der Waals surface area (Å²) in [5.41, 5.74) is 6.59. The fourth-order valence-electron chi connectivity index (χ4n) is 2.24. The molecule has 0 saturated heterocycles. The summed E-state index contributed by atoms with van der Waals surface area (Å²) in [7, 11) is 0. The minimum Gasteiger partial charge on any atom is -0.357 e. The van der Waals surface area contributed by atoms with Gasteiger partial charge in [0.25, 0.3) is 0 Å². The first-order valence-corrected chi connectivity index (χ1v) is 8.04. The highest BCUT2D eigenvalue weighted by molar-refractivity contribution is 9.10. The van der Waals surface area contributed by atoms with Crippen LogP contribution < -0.4 is 10.6 Å². The standard InChI is InChI=1S/C18H19BrN2O/c1-18(2,3)14-6-4-13(5-7-14)17-12-20-21(22-17)16-10-8-15(19)9-11-16/h4-12,20H,1-3H3. The average molecular weight is 359 g/mol. The summed E-state index contributed by atoms with van der Waals surface area (Å²) in [6, 6.07) is 16.4. The molecule has 1 aliphatic heterocycles. The summed E-state index contributed by atoms with van der Waals surface area (Å²) in [5, 5.41) is 1.65. The lowest BCUT2D eigenvalue weighted by Crippen LogP contribution is -2.27. The van der Waals surface area contributed by atoms with Crippen LogP contribution in [-0.2, 0) is 10.3 Å². The van der Waals surface area contributed by atoms with Crippen molar-refractivity contribution in [2.24, 2.45) is 0 Å². The molecule has 2 aromatic rings. The highest BCUT2D eigenvalue weighted by Crippen LogP contribution is 2.28. The monoisotopic (exact) mass is 358 g/mol. The summed E-state index contributed by atoms with van der Waals surface area (Å²) in [4.78, 5) is 5.87. The number of nitrogens with one attached hydrogen (secondary N) is 1. The molecule has 3 rings (SSSR count). The second-order valence-electron chi connectivity index (χ2n) is 6.33. The van der Waals surface area contributed by atoms with Crippen LogP contribution in [0.3, 0.4) is 0 Å². The Bertz CT molecular complexity index is 685. The molecule has 0 unspecified atom stereocenters. The second kappa shape index (κ2) is 5.69. The van der Waals surface area contributed by atoms with Crippen molar-refractivity contribution in [3.63, 3.8) is 0 Å². The van der Waals surface area contributed by atoms with Crippen molar-refractivity contribution in [1.82, 2.24) is 5.43 Å². The van der Waals surface area contributed by atoms with Gasteiger partial charge in [0.05, 0.1) is 11.9 Å². The zero-order valence-electron chi connectivity index (χ0n) is 12.9. The van der Waals surface area contributed by atoms with Gasteiger partial charge in [-0.3, -0.25) is 5.43 Å². The van der Waals surface area contributed by atoms with Gasteiger partial charge in [-0.1, -0.05) is 61.0 Å². The second-order valence-corrected chi connectivity index (χ2v) is 7.24. The Morgan fingerprint density at radius 1 is 0.955 bits per heavy atom. The molecule has 1 N–H and O–H groups in total. The van der Waals surface area contributed by atoms with Gasteiger partial charge in [-0.25, -0.2) is 0 Å². The van der Waals surface area contributed by atoms with Crippen LogP contribution in [0.5, 0.6) is 0 Å². The molecule has 22 heavy (non-hydrogen) atoms. The van der Waals surface area contributed by atoms with E-state index in [1.54, 1.807) is 5.17 Å². The Kier molecular flexibility index (Phi) is 3.87. The molecule has 0 amide bonds. The first kappa shape index (κ1) is 15.0. The molecule has 0 radical (unpaired) electrons. The highest BCUT2D eigenvalue weighted by Gasteiger charge is 2.19. The first-order valence-electron chi connectivity index (χ1n) is 7.24. The van der Waals surface area contributed by atoms with Gasteiger partial charge in [0.2, 0.25) is 0 Å². The van der Waals surface area contributed by atoms with E-state index in [4.69, 9.17) is 4.84 Å².